The zero-order valence-electron chi connectivity index (χ0n) is 11.9. The molecule has 2 N–H and O–H groups in total. The summed E-state index contributed by atoms with van der Waals surface area (Å²) in [5.41, 5.74) is 0.987. The standard InChI is InChI=1S/C14H20N4O2S/c19-6-5-18(8-12-2-1-4-15-12)9-13-16-14(17-20-13)11-3-7-21-10-11/h3,7,10,12,15,19H,1-2,4-6,8-9H2. The van der Waals surface area contributed by atoms with Crippen LogP contribution in [0.4, 0.5) is 0 Å². The molecule has 0 bridgehead atoms. The van der Waals surface area contributed by atoms with Gasteiger partial charge in [0.15, 0.2) is 0 Å². The third-order valence-electron chi connectivity index (χ3n) is 3.66. The summed E-state index contributed by atoms with van der Waals surface area (Å²) in [6.45, 7) is 3.32. The van der Waals surface area contributed by atoms with Gasteiger partial charge in [0.05, 0.1) is 13.2 Å². The minimum absolute atomic E-state index is 0.137. The van der Waals surface area contributed by atoms with E-state index in [1.807, 2.05) is 16.8 Å². The maximum Gasteiger partial charge on any atom is 0.241 e. The Labute approximate surface area is 127 Å². The number of nitrogens with zero attached hydrogens (tertiary/aromatic N) is 3. The summed E-state index contributed by atoms with van der Waals surface area (Å²) in [5, 5.41) is 20.7. The van der Waals surface area contributed by atoms with Crippen molar-refractivity contribution in [3.05, 3.63) is 22.7 Å². The molecule has 6 nitrogen and oxygen atoms in total. The van der Waals surface area contributed by atoms with E-state index < -0.39 is 0 Å². The van der Waals surface area contributed by atoms with Crippen molar-refractivity contribution in [3.8, 4) is 11.4 Å². The molecule has 0 amide bonds. The van der Waals surface area contributed by atoms with Crippen LogP contribution in [-0.2, 0) is 6.54 Å². The van der Waals surface area contributed by atoms with Gasteiger partial charge >= 0.3 is 0 Å². The van der Waals surface area contributed by atoms with Crippen LogP contribution in [-0.4, -0.2) is 52.4 Å². The SMILES string of the molecule is OCCN(Cc1nc(-c2ccsc2)no1)CC1CCCN1. The lowest BCUT2D eigenvalue weighted by molar-refractivity contribution is 0.163. The monoisotopic (exact) mass is 308 g/mol. The molecule has 0 saturated carbocycles. The molecule has 3 heterocycles. The summed E-state index contributed by atoms with van der Waals surface area (Å²) < 4.78 is 5.33. The van der Waals surface area contributed by atoms with E-state index >= 15 is 0 Å². The van der Waals surface area contributed by atoms with Crippen molar-refractivity contribution in [2.24, 2.45) is 0 Å². The van der Waals surface area contributed by atoms with Gasteiger partial charge in [0, 0.05) is 30.1 Å². The van der Waals surface area contributed by atoms with Crippen LogP contribution in [0, 0.1) is 0 Å². The third kappa shape index (κ3) is 3.88. The van der Waals surface area contributed by atoms with Gasteiger partial charge in [-0.1, -0.05) is 5.16 Å². The van der Waals surface area contributed by atoms with Crippen molar-refractivity contribution in [3.63, 3.8) is 0 Å². The maximum absolute atomic E-state index is 9.22. The van der Waals surface area contributed by atoms with Crippen molar-refractivity contribution in [2.45, 2.75) is 25.4 Å². The number of thiophene rings is 1. The Hall–Kier alpha value is -1.28. The van der Waals surface area contributed by atoms with E-state index in [4.69, 9.17) is 4.52 Å². The first-order chi connectivity index (χ1) is 10.3. The van der Waals surface area contributed by atoms with E-state index in [0.29, 0.717) is 30.8 Å². The highest BCUT2D eigenvalue weighted by Crippen LogP contribution is 2.19. The summed E-state index contributed by atoms with van der Waals surface area (Å²) in [5.74, 6) is 1.23. The summed E-state index contributed by atoms with van der Waals surface area (Å²) in [7, 11) is 0. The molecule has 114 valence electrons. The van der Waals surface area contributed by atoms with Crippen molar-refractivity contribution >= 4 is 11.3 Å². The molecule has 1 fully saturated rings. The largest absolute Gasteiger partial charge is 0.395 e. The molecule has 1 saturated heterocycles. The highest BCUT2D eigenvalue weighted by Gasteiger charge is 2.19. The molecule has 0 spiro atoms. The minimum Gasteiger partial charge on any atom is -0.395 e. The van der Waals surface area contributed by atoms with Crippen LogP contribution >= 0.6 is 11.3 Å². The van der Waals surface area contributed by atoms with E-state index in [0.717, 1.165) is 18.7 Å². The van der Waals surface area contributed by atoms with E-state index in [2.05, 4.69) is 20.4 Å². The molecule has 1 atom stereocenters. The molecule has 21 heavy (non-hydrogen) atoms. The second kappa shape index (κ2) is 7.13. The van der Waals surface area contributed by atoms with Gasteiger partial charge in [-0.15, -0.1) is 0 Å². The number of aliphatic hydroxyl groups is 1. The van der Waals surface area contributed by atoms with Gasteiger partial charge in [-0.3, -0.25) is 4.90 Å². The Balaban J connectivity index is 1.62. The molecule has 0 aliphatic carbocycles. The van der Waals surface area contributed by atoms with Crippen molar-refractivity contribution in [2.75, 3.05) is 26.2 Å². The molecule has 2 aromatic heterocycles. The second-order valence-electron chi connectivity index (χ2n) is 5.28. The van der Waals surface area contributed by atoms with Gasteiger partial charge in [0.2, 0.25) is 11.7 Å². The van der Waals surface area contributed by atoms with Crippen molar-refractivity contribution < 1.29 is 9.63 Å². The van der Waals surface area contributed by atoms with Gasteiger partial charge in [0.25, 0.3) is 0 Å². The number of hydrogen-bond acceptors (Lipinski definition) is 7. The van der Waals surface area contributed by atoms with Gasteiger partial charge in [-0.2, -0.15) is 16.3 Å². The predicted molar refractivity (Wildman–Crippen MR) is 81.0 cm³/mol. The first-order valence-electron chi connectivity index (χ1n) is 7.27. The molecule has 0 radical (unpaired) electrons. The molecular formula is C14H20N4O2S. The Bertz CT molecular complexity index is 537. The lowest BCUT2D eigenvalue weighted by Crippen LogP contribution is -2.38. The molecule has 2 aromatic rings. The predicted octanol–water partition coefficient (Wildman–Crippen LogP) is 1.34. The molecule has 7 heteroatoms. The average molecular weight is 308 g/mol. The average Bonchev–Trinajstić information content (AvgIpc) is 3.21. The lowest BCUT2D eigenvalue weighted by atomic mass is 10.2. The second-order valence-corrected chi connectivity index (χ2v) is 6.06. The van der Waals surface area contributed by atoms with Gasteiger partial charge in [-0.25, -0.2) is 0 Å². The van der Waals surface area contributed by atoms with E-state index in [1.165, 1.54) is 12.8 Å². The Morgan fingerprint density at radius 2 is 2.48 bits per heavy atom. The third-order valence-corrected chi connectivity index (χ3v) is 4.35. The fourth-order valence-electron chi connectivity index (χ4n) is 2.62. The number of rotatable bonds is 7. The van der Waals surface area contributed by atoms with Crippen molar-refractivity contribution in [1.82, 2.24) is 20.4 Å². The van der Waals surface area contributed by atoms with Crippen molar-refractivity contribution in [1.29, 1.82) is 0 Å². The van der Waals surface area contributed by atoms with Gasteiger partial charge in [0.1, 0.15) is 0 Å². The van der Waals surface area contributed by atoms with Crippen LogP contribution in [0.25, 0.3) is 11.4 Å². The number of aromatic nitrogens is 2. The number of aliphatic hydroxyl groups excluding tert-OH is 1. The molecule has 3 rings (SSSR count). The normalized spacial score (nSPS) is 18.7. The molecule has 0 aromatic carbocycles. The first kappa shape index (κ1) is 14.6. The maximum atomic E-state index is 9.22. The Kier molecular flexibility index (Phi) is 4.97. The molecule has 1 aliphatic heterocycles. The minimum atomic E-state index is 0.137. The van der Waals surface area contributed by atoms with Crippen LogP contribution in [0.5, 0.6) is 0 Å². The summed E-state index contributed by atoms with van der Waals surface area (Å²) in [4.78, 5) is 6.60. The van der Waals surface area contributed by atoms with Crippen LogP contribution in [0.15, 0.2) is 21.3 Å². The zero-order chi connectivity index (χ0) is 14.5. The molecule has 1 unspecified atom stereocenters. The molecule has 1 aliphatic rings. The quantitative estimate of drug-likeness (QED) is 0.804. The highest BCUT2D eigenvalue weighted by atomic mass is 32.1. The van der Waals surface area contributed by atoms with Crippen LogP contribution in [0.1, 0.15) is 18.7 Å². The molecular weight excluding hydrogens is 288 g/mol. The summed E-state index contributed by atoms with van der Waals surface area (Å²) in [6, 6.07) is 2.48. The fraction of sp³-hybridized carbons (Fsp3) is 0.571. The number of hydrogen-bond donors (Lipinski definition) is 2. The van der Waals surface area contributed by atoms with E-state index in [1.54, 1.807) is 11.3 Å². The summed E-state index contributed by atoms with van der Waals surface area (Å²) in [6.07, 6.45) is 2.41. The van der Waals surface area contributed by atoms with Gasteiger partial charge < -0.3 is 14.9 Å². The topological polar surface area (TPSA) is 74.4 Å². The Morgan fingerprint density at radius 3 is 3.19 bits per heavy atom. The van der Waals surface area contributed by atoms with Crippen LogP contribution < -0.4 is 5.32 Å². The zero-order valence-corrected chi connectivity index (χ0v) is 12.7. The first-order valence-corrected chi connectivity index (χ1v) is 8.21. The Morgan fingerprint density at radius 1 is 1.52 bits per heavy atom. The van der Waals surface area contributed by atoms with E-state index in [9.17, 15) is 5.11 Å². The van der Waals surface area contributed by atoms with Crippen LogP contribution in [0.2, 0.25) is 0 Å². The van der Waals surface area contributed by atoms with E-state index in [-0.39, 0.29) is 6.61 Å². The fourth-order valence-corrected chi connectivity index (χ4v) is 3.25. The van der Waals surface area contributed by atoms with Gasteiger partial charge in [-0.05, 0) is 30.8 Å². The number of nitrogens with one attached hydrogen (secondary N) is 1. The van der Waals surface area contributed by atoms with Crippen LogP contribution in [0.3, 0.4) is 0 Å². The smallest absolute Gasteiger partial charge is 0.241 e. The highest BCUT2D eigenvalue weighted by molar-refractivity contribution is 7.08. The lowest BCUT2D eigenvalue weighted by Gasteiger charge is -2.23. The summed E-state index contributed by atoms with van der Waals surface area (Å²) >= 11 is 1.61.